The SMILES string of the molecule is COc1cccc([C@@H]2OC(c3ccc(OCCCO)cc3)=N[C@]2(CCC(=O)OC(C)(C)C)C(=O)NNCc2c(OC)cc(OC)cc2OC)c1. The Labute approximate surface area is 292 Å². The third kappa shape index (κ3) is 9.36. The maximum Gasteiger partial charge on any atom is 0.306 e. The van der Waals surface area contributed by atoms with Gasteiger partial charge in [0.25, 0.3) is 5.91 Å². The Morgan fingerprint density at radius 2 is 1.58 bits per heavy atom. The number of carbonyl (C=O) groups is 2. The summed E-state index contributed by atoms with van der Waals surface area (Å²) >= 11 is 0. The number of nitrogens with zero attached hydrogens (tertiary/aromatic N) is 1. The number of methoxy groups -OCH3 is 4. The smallest absolute Gasteiger partial charge is 0.306 e. The molecule has 3 aromatic rings. The zero-order valence-electron chi connectivity index (χ0n) is 29.7. The molecule has 0 bridgehead atoms. The van der Waals surface area contributed by atoms with E-state index in [1.54, 1.807) is 89.6 Å². The second kappa shape index (κ2) is 17.1. The lowest BCUT2D eigenvalue weighted by Crippen LogP contribution is -2.52. The van der Waals surface area contributed by atoms with Crippen LogP contribution in [-0.2, 0) is 25.6 Å². The third-order valence-electron chi connectivity index (χ3n) is 7.84. The van der Waals surface area contributed by atoms with Crippen LogP contribution in [-0.4, -0.2) is 75.7 Å². The summed E-state index contributed by atoms with van der Waals surface area (Å²) in [5, 5.41) is 9.09. The average Bonchev–Trinajstić information content (AvgIpc) is 3.51. The quantitative estimate of drug-likeness (QED) is 0.103. The first-order chi connectivity index (χ1) is 24.0. The number of hydrogen-bond acceptors (Lipinski definition) is 12. The van der Waals surface area contributed by atoms with Gasteiger partial charge in [-0.2, -0.15) is 0 Å². The second-order valence-corrected chi connectivity index (χ2v) is 12.5. The third-order valence-corrected chi connectivity index (χ3v) is 7.84. The summed E-state index contributed by atoms with van der Waals surface area (Å²) in [4.78, 5) is 32.5. The minimum absolute atomic E-state index is 0.0257. The molecule has 0 radical (unpaired) electrons. The summed E-state index contributed by atoms with van der Waals surface area (Å²) in [5.41, 5.74) is 5.31. The summed E-state index contributed by atoms with van der Waals surface area (Å²) in [6, 6.07) is 17.7. The number of carbonyl (C=O) groups excluding carboxylic acids is 2. The molecule has 0 aromatic heterocycles. The highest BCUT2D eigenvalue weighted by molar-refractivity contribution is 6.01. The molecule has 2 atom stereocenters. The number of nitrogens with one attached hydrogen (secondary N) is 2. The number of hydrazine groups is 1. The predicted octanol–water partition coefficient (Wildman–Crippen LogP) is 4.68. The van der Waals surface area contributed by atoms with Crippen molar-refractivity contribution in [3.8, 4) is 28.7 Å². The van der Waals surface area contributed by atoms with Gasteiger partial charge in [0.1, 0.15) is 34.3 Å². The van der Waals surface area contributed by atoms with Crippen LogP contribution >= 0.6 is 0 Å². The molecular formula is C37H47N3O10. The molecule has 0 unspecified atom stereocenters. The number of benzene rings is 3. The highest BCUT2D eigenvalue weighted by Gasteiger charge is 2.53. The van der Waals surface area contributed by atoms with Crippen LogP contribution in [0.2, 0.25) is 0 Å². The van der Waals surface area contributed by atoms with Crippen molar-refractivity contribution in [1.29, 1.82) is 0 Å². The first-order valence-corrected chi connectivity index (χ1v) is 16.3. The number of aliphatic hydroxyl groups is 1. The van der Waals surface area contributed by atoms with Crippen molar-refractivity contribution in [3.63, 3.8) is 0 Å². The number of esters is 1. The molecular weight excluding hydrogens is 646 g/mol. The van der Waals surface area contributed by atoms with Gasteiger partial charge in [0.2, 0.25) is 5.90 Å². The van der Waals surface area contributed by atoms with Gasteiger partial charge in [0.15, 0.2) is 11.6 Å². The van der Waals surface area contributed by atoms with Crippen LogP contribution in [0.1, 0.15) is 62.8 Å². The Morgan fingerprint density at radius 1 is 0.900 bits per heavy atom. The molecule has 4 rings (SSSR count). The molecule has 0 saturated heterocycles. The molecule has 0 spiro atoms. The molecule has 0 saturated carbocycles. The van der Waals surface area contributed by atoms with Gasteiger partial charge in [0, 0.05) is 43.7 Å². The Morgan fingerprint density at radius 3 is 2.18 bits per heavy atom. The van der Waals surface area contributed by atoms with Gasteiger partial charge in [-0.05, 0) is 69.2 Å². The summed E-state index contributed by atoms with van der Waals surface area (Å²) in [5.74, 6) is 1.87. The molecule has 0 aliphatic carbocycles. The molecule has 1 amide bonds. The highest BCUT2D eigenvalue weighted by Crippen LogP contribution is 2.44. The fraction of sp³-hybridized carbons (Fsp3) is 0.432. The number of ether oxygens (including phenoxy) is 7. The van der Waals surface area contributed by atoms with Crippen molar-refractivity contribution < 1.29 is 47.9 Å². The molecule has 50 heavy (non-hydrogen) atoms. The first kappa shape index (κ1) is 37.8. The number of aliphatic hydroxyl groups excluding tert-OH is 1. The van der Waals surface area contributed by atoms with Crippen molar-refractivity contribution in [3.05, 3.63) is 77.4 Å². The molecule has 13 heteroatoms. The van der Waals surface area contributed by atoms with E-state index in [0.29, 0.717) is 58.5 Å². The van der Waals surface area contributed by atoms with E-state index in [1.165, 1.54) is 14.2 Å². The molecule has 13 nitrogen and oxygen atoms in total. The molecule has 270 valence electrons. The summed E-state index contributed by atoms with van der Waals surface area (Å²) < 4.78 is 39.8. The van der Waals surface area contributed by atoms with Crippen molar-refractivity contribution in [2.45, 2.75) is 63.8 Å². The Balaban J connectivity index is 1.73. The van der Waals surface area contributed by atoms with E-state index in [2.05, 4.69) is 10.9 Å². The number of aliphatic imine (C=N–C) groups is 1. The monoisotopic (exact) mass is 693 g/mol. The molecule has 1 heterocycles. The van der Waals surface area contributed by atoms with Crippen molar-refractivity contribution >= 4 is 17.8 Å². The van der Waals surface area contributed by atoms with Crippen LogP contribution in [0, 0.1) is 0 Å². The lowest BCUT2D eigenvalue weighted by molar-refractivity contribution is -0.155. The topological polar surface area (TPSA) is 155 Å². The van der Waals surface area contributed by atoms with Gasteiger partial charge < -0.3 is 38.3 Å². The van der Waals surface area contributed by atoms with Gasteiger partial charge in [0.05, 0.1) is 40.6 Å². The normalized spacial score (nSPS) is 16.9. The number of rotatable bonds is 17. The molecule has 0 fully saturated rings. The van der Waals surface area contributed by atoms with Gasteiger partial charge in [-0.15, -0.1) is 0 Å². The van der Waals surface area contributed by atoms with Crippen molar-refractivity contribution in [2.24, 2.45) is 4.99 Å². The van der Waals surface area contributed by atoms with Crippen LogP contribution in [0.4, 0.5) is 0 Å². The van der Waals surface area contributed by atoms with Crippen LogP contribution in [0.25, 0.3) is 0 Å². The van der Waals surface area contributed by atoms with Crippen molar-refractivity contribution in [2.75, 3.05) is 41.7 Å². The molecule has 3 N–H and O–H groups in total. The van der Waals surface area contributed by atoms with E-state index >= 15 is 0 Å². The first-order valence-electron chi connectivity index (χ1n) is 16.3. The molecule has 1 aliphatic heterocycles. The number of amides is 1. The zero-order valence-corrected chi connectivity index (χ0v) is 29.7. The van der Waals surface area contributed by atoms with Gasteiger partial charge in [-0.1, -0.05) is 12.1 Å². The van der Waals surface area contributed by atoms with Crippen molar-refractivity contribution in [1.82, 2.24) is 10.9 Å². The molecule has 1 aliphatic rings. The van der Waals surface area contributed by atoms with Gasteiger partial charge in [-0.3, -0.25) is 15.0 Å². The lowest BCUT2D eigenvalue weighted by Gasteiger charge is -2.31. The fourth-order valence-electron chi connectivity index (χ4n) is 5.43. The minimum Gasteiger partial charge on any atom is -0.497 e. The van der Waals surface area contributed by atoms with E-state index in [4.69, 9.17) is 43.3 Å². The maximum absolute atomic E-state index is 14.5. The minimum atomic E-state index is -1.63. The van der Waals surface area contributed by atoms with E-state index in [9.17, 15) is 9.59 Å². The number of hydrogen-bond donors (Lipinski definition) is 3. The Hall–Kier alpha value is -5.01. The predicted molar refractivity (Wildman–Crippen MR) is 186 cm³/mol. The summed E-state index contributed by atoms with van der Waals surface area (Å²) in [6.45, 7) is 5.85. The summed E-state index contributed by atoms with van der Waals surface area (Å²) in [6.07, 6.45) is -0.620. The van der Waals surface area contributed by atoms with E-state index in [-0.39, 0.29) is 31.9 Å². The zero-order chi connectivity index (χ0) is 36.3. The Kier molecular flexibility index (Phi) is 12.9. The van der Waals surface area contributed by atoms with Crippen LogP contribution in [0.15, 0.2) is 65.7 Å². The second-order valence-electron chi connectivity index (χ2n) is 12.5. The van der Waals surface area contributed by atoms with Crippen LogP contribution in [0.5, 0.6) is 28.7 Å². The Bertz CT molecular complexity index is 1610. The molecule has 3 aromatic carbocycles. The van der Waals surface area contributed by atoms with E-state index < -0.39 is 29.1 Å². The largest absolute Gasteiger partial charge is 0.497 e. The van der Waals surface area contributed by atoms with E-state index in [0.717, 1.165) is 0 Å². The van der Waals surface area contributed by atoms with Gasteiger partial charge >= 0.3 is 5.97 Å². The maximum atomic E-state index is 14.5. The fourth-order valence-corrected chi connectivity index (χ4v) is 5.43. The standard InChI is InChI=1S/C37H47N3O10/c1-36(2,3)50-32(42)16-17-37(35(43)40-38-23-29-30(46-6)21-28(45-5)22-31(29)47-7)33(25-10-8-11-27(20-25)44-4)49-34(39-37)24-12-14-26(15-13-24)48-19-9-18-41/h8,10-15,20-22,33,38,41H,9,16-19,23H2,1-7H3,(H,40,43)/t33-,37-/m0/s1. The lowest BCUT2D eigenvalue weighted by atomic mass is 9.83. The highest BCUT2D eigenvalue weighted by atomic mass is 16.6. The summed E-state index contributed by atoms with van der Waals surface area (Å²) in [7, 11) is 6.15. The van der Waals surface area contributed by atoms with Gasteiger partial charge in [-0.25, -0.2) is 10.4 Å². The van der Waals surface area contributed by atoms with E-state index in [1.807, 2.05) is 6.07 Å². The van der Waals surface area contributed by atoms with Crippen LogP contribution < -0.4 is 34.5 Å². The average molecular weight is 694 g/mol. The van der Waals surface area contributed by atoms with Crippen LogP contribution in [0.3, 0.4) is 0 Å².